The summed E-state index contributed by atoms with van der Waals surface area (Å²) in [6, 6.07) is 13.3. The molecule has 0 atom stereocenters. The van der Waals surface area contributed by atoms with Gasteiger partial charge in [0.2, 0.25) is 0 Å². The molecule has 0 saturated heterocycles. The number of benzene rings is 2. The molecule has 0 spiro atoms. The van der Waals surface area contributed by atoms with E-state index in [2.05, 4.69) is 28.7 Å². The number of hydrogen-bond donors (Lipinski definition) is 0. The van der Waals surface area contributed by atoms with Gasteiger partial charge in [-0.2, -0.15) is 5.26 Å². The van der Waals surface area contributed by atoms with Gasteiger partial charge in [-0.3, -0.25) is 0 Å². The first kappa shape index (κ1) is 15.5. The molecule has 4 heteroatoms. The summed E-state index contributed by atoms with van der Waals surface area (Å²) in [4.78, 5) is 11.8. The van der Waals surface area contributed by atoms with Crippen molar-refractivity contribution in [3.8, 4) is 17.2 Å². The van der Waals surface area contributed by atoms with Crippen molar-refractivity contribution < 1.29 is 9.53 Å². The van der Waals surface area contributed by atoms with Gasteiger partial charge in [0.1, 0.15) is 0 Å². The number of rotatable bonds is 3. The Balaban J connectivity index is 2.48. The average Bonchev–Trinajstić information content (AvgIpc) is 2.48. The van der Waals surface area contributed by atoms with Crippen LogP contribution in [-0.4, -0.2) is 12.6 Å². The summed E-state index contributed by atoms with van der Waals surface area (Å²) < 4.78 is 6.08. The second-order valence-corrected chi connectivity index (χ2v) is 5.72. The van der Waals surface area contributed by atoms with Gasteiger partial charge in [0, 0.05) is 3.57 Å². The molecule has 3 nitrogen and oxygen atoms in total. The lowest BCUT2D eigenvalue weighted by Crippen LogP contribution is -2.05. The van der Waals surface area contributed by atoms with Crippen molar-refractivity contribution in [1.29, 1.82) is 5.26 Å². The second kappa shape index (κ2) is 6.72. The number of carbonyl (C=O) groups is 1. The Kier molecular flexibility index (Phi) is 4.97. The molecule has 2 aromatic rings. The zero-order valence-corrected chi connectivity index (χ0v) is 14.0. The number of nitriles is 1. The molecule has 0 amide bonds. The Labute approximate surface area is 137 Å². The number of nitrogens with zero attached hydrogens (tertiary/aromatic N) is 1. The normalized spacial score (nSPS) is 10.0. The third kappa shape index (κ3) is 3.42. The van der Waals surface area contributed by atoms with Crippen molar-refractivity contribution in [2.45, 2.75) is 13.8 Å². The smallest absolute Gasteiger partial charge is 0.338 e. The average molecular weight is 391 g/mol. The maximum Gasteiger partial charge on any atom is 0.338 e. The van der Waals surface area contributed by atoms with Gasteiger partial charge in [0.25, 0.3) is 0 Å². The highest BCUT2D eigenvalue weighted by Gasteiger charge is 2.11. The predicted molar refractivity (Wildman–Crippen MR) is 90.0 cm³/mol. The van der Waals surface area contributed by atoms with Gasteiger partial charge >= 0.3 is 5.97 Å². The molecule has 0 fully saturated rings. The van der Waals surface area contributed by atoms with E-state index in [9.17, 15) is 4.79 Å². The van der Waals surface area contributed by atoms with Gasteiger partial charge in [-0.15, -0.1) is 0 Å². The van der Waals surface area contributed by atoms with Crippen molar-refractivity contribution in [1.82, 2.24) is 0 Å². The van der Waals surface area contributed by atoms with E-state index in [4.69, 9.17) is 10.00 Å². The Hall–Kier alpha value is -1.87. The van der Waals surface area contributed by atoms with Crippen molar-refractivity contribution in [3.05, 3.63) is 56.7 Å². The lowest BCUT2D eigenvalue weighted by molar-refractivity contribution is 0.0526. The van der Waals surface area contributed by atoms with Gasteiger partial charge in [-0.25, -0.2) is 4.79 Å². The SMILES string of the molecule is CCOC(=O)c1ccc(I)c(-c2ccc(C#N)c(C)c2)c1. The summed E-state index contributed by atoms with van der Waals surface area (Å²) >= 11 is 2.24. The molecular formula is C17H14INO2. The van der Waals surface area contributed by atoms with E-state index in [1.807, 2.05) is 31.2 Å². The van der Waals surface area contributed by atoms with Crippen LogP contribution in [0.15, 0.2) is 36.4 Å². The Morgan fingerprint density at radius 2 is 2.05 bits per heavy atom. The number of hydrogen-bond acceptors (Lipinski definition) is 3. The van der Waals surface area contributed by atoms with Crippen molar-refractivity contribution in [3.63, 3.8) is 0 Å². The monoisotopic (exact) mass is 391 g/mol. The van der Waals surface area contributed by atoms with Crippen LogP contribution in [0.3, 0.4) is 0 Å². The third-order valence-corrected chi connectivity index (χ3v) is 4.08. The van der Waals surface area contributed by atoms with Crippen LogP contribution in [0.2, 0.25) is 0 Å². The van der Waals surface area contributed by atoms with Crippen LogP contribution in [0.1, 0.15) is 28.4 Å². The number of esters is 1. The van der Waals surface area contributed by atoms with Gasteiger partial charge in [0.15, 0.2) is 0 Å². The molecule has 0 radical (unpaired) electrons. The number of aryl methyl sites for hydroxylation is 1. The molecule has 0 unspecified atom stereocenters. The third-order valence-electron chi connectivity index (χ3n) is 3.14. The molecule has 0 heterocycles. The van der Waals surface area contributed by atoms with Crippen LogP contribution in [-0.2, 0) is 4.74 Å². The minimum absolute atomic E-state index is 0.319. The largest absolute Gasteiger partial charge is 0.462 e. The highest BCUT2D eigenvalue weighted by atomic mass is 127. The van der Waals surface area contributed by atoms with Crippen LogP contribution in [0.4, 0.5) is 0 Å². The summed E-state index contributed by atoms with van der Waals surface area (Å²) in [7, 11) is 0. The van der Waals surface area contributed by atoms with Crippen LogP contribution in [0.5, 0.6) is 0 Å². The minimum atomic E-state index is -0.319. The molecule has 0 aromatic heterocycles. The second-order valence-electron chi connectivity index (χ2n) is 4.56. The number of halogens is 1. The highest BCUT2D eigenvalue weighted by Crippen LogP contribution is 2.28. The molecule has 0 aliphatic heterocycles. The lowest BCUT2D eigenvalue weighted by atomic mass is 9.99. The molecule has 2 rings (SSSR count). The molecule has 21 heavy (non-hydrogen) atoms. The summed E-state index contributed by atoms with van der Waals surface area (Å²) in [5, 5.41) is 9.00. The van der Waals surface area contributed by atoms with Crippen LogP contribution < -0.4 is 0 Å². The zero-order valence-electron chi connectivity index (χ0n) is 11.8. The fraction of sp³-hybridized carbons (Fsp3) is 0.176. The standard InChI is InChI=1S/C17H14INO2/c1-3-21-17(20)13-6-7-16(18)15(9-13)12-4-5-14(10-19)11(2)8-12/h4-9H,3H2,1-2H3. The van der Waals surface area contributed by atoms with Gasteiger partial charge in [0.05, 0.1) is 23.8 Å². The molecule has 0 bridgehead atoms. The first-order chi connectivity index (χ1) is 10.1. The molecule has 0 aliphatic rings. The van der Waals surface area contributed by atoms with E-state index in [1.54, 1.807) is 19.1 Å². The van der Waals surface area contributed by atoms with Crippen LogP contribution >= 0.6 is 22.6 Å². The molecular weight excluding hydrogens is 377 g/mol. The van der Waals surface area contributed by atoms with E-state index in [1.165, 1.54) is 0 Å². The predicted octanol–water partition coefficient (Wildman–Crippen LogP) is 4.32. The van der Waals surface area contributed by atoms with E-state index in [0.29, 0.717) is 17.7 Å². The summed E-state index contributed by atoms with van der Waals surface area (Å²) in [5.41, 5.74) is 4.08. The number of carbonyl (C=O) groups excluding carboxylic acids is 1. The topological polar surface area (TPSA) is 50.1 Å². The summed E-state index contributed by atoms with van der Waals surface area (Å²) in [5.74, 6) is -0.319. The molecule has 0 aliphatic carbocycles. The maximum absolute atomic E-state index is 11.8. The molecule has 2 aromatic carbocycles. The first-order valence-corrected chi connectivity index (χ1v) is 7.62. The van der Waals surface area contributed by atoms with Crippen molar-refractivity contribution in [2.75, 3.05) is 6.61 Å². The Morgan fingerprint density at radius 3 is 2.67 bits per heavy atom. The van der Waals surface area contributed by atoms with Crippen molar-refractivity contribution in [2.24, 2.45) is 0 Å². The fourth-order valence-electron chi connectivity index (χ4n) is 2.04. The number of ether oxygens (including phenoxy) is 1. The van der Waals surface area contributed by atoms with E-state index < -0.39 is 0 Å². The summed E-state index contributed by atoms with van der Waals surface area (Å²) in [6.07, 6.45) is 0. The Bertz CT molecular complexity index is 732. The van der Waals surface area contributed by atoms with E-state index in [0.717, 1.165) is 20.3 Å². The maximum atomic E-state index is 11.8. The van der Waals surface area contributed by atoms with Crippen LogP contribution in [0.25, 0.3) is 11.1 Å². The van der Waals surface area contributed by atoms with Gasteiger partial charge in [-0.1, -0.05) is 12.1 Å². The summed E-state index contributed by atoms with van der Waals surface area (Å²) in [6.45, 7) is 4.05. The quantitative estimate of drug-likeness (QED) is 0.579. The first-order valence-electron chi connectivity index (χ1n) is 6.54. The fourth-order valence-corrected chi connectivity index (χ4v) is 2.69. The van der Waals surface area contributed by atoms with E-state index >= 15 is 0 Å². The van der Waals surface area contributed by atoms with Gasteiger partial charge in [-0.05, 0) is 77.4 Å². The van der Waals surface area contributed by atoms with E-state index in [-0.39, 0.29) is 5.97 Å². The van der Waals surface area contributed by atoms with Crippen molar-refractivity contribution >= 4 is 28.6 Å². The molecule has 106 valence electrons. The lowest BCUT2D eigenvalue weighted by Gasteiger charge is -2.09. The molecule has 0 saturated carbocycles. The van der Waals surface area contributed by atoms with Crippen LogP contribution in [0, 0.1) is 21.8 Å². The highest BCUT2D eigenvalue weighted by molar-refractivity contribution is 14.1. The van der Waals surface area contributed by atoms with Gasteiger partial charge < -0.3 is 4.74 Å². The zero-order chi connectivity index (χ0) is 15.4. The minimum Gasteiger partial charge on any atom is -0.462 e. The Morgan fingerprint density at radius 1 is 1.29 bits per heavy atom. The molecule has 0 N–H and O–H groups in total.